The van der Waals surface area contributed by atoms with E-state index < -0.39 is 11.7 Å². The highest BCUT2D eigenvalue weighted by Gasteiger charge is 2.26. The highest BCUT2D eigenvalue weighted by Crippen LogP contribution is 2.31. The molecule has 0 spiro atoms. The monoisotopic (exact) mass is 478 g/mol. The normalized spacial score (nSPS) is 11.3. The van der Waals surface area contributed by atoms with Gasteiger partial charge in [-0.05, 0) is 88.8 Å². The SMILES string of the molecule is COc1c(C)cnc(CN(C(=O)OC(C)(C)C)c2cc(C)cc(-c3ccc(SC)cc3)c2)c1C. The van der Waals surface area contributed by atoms with Crippen LogP contribution in [0.1, 0.15) is 43.2 Å². The number of carbonyl (C=O) groups excluding carboxylic acids is 1. The lowest BCUT2D eigenvalue weighted by atomic mass is 10.0. The number of aromatic nitrogens is 1. The number of amides is 1. The van der Waals surface area contributed by atoms with Gasteiger partial charge in [-0.25, -0.2) is 4.79 Å². The van der Waals surface area contributed by atoms with Gasteiger partial charge in [0.05, 0.1) is 19.3 Å². The van der Waals surface area contributed by atoms with Crippen molar-refractivity contribution in [3.8, 4) is 16.9 Å². The molecule has 0 aliphatic rings. The van der Waals surface area contributed by atoms with Crippen LogP contribution in [0.4, 0.5) is 10.5 Å². The van der Waals surface area contributed by atoms with Gasteiger partial charge in [0.15, 0.2) is 0 Å². The molecule has 6 heteroatoms. The molecule has 0 aliphatic carbocycles. The number of pyridine rings is 1. The van der Waals surface area contributed by atoms with E-state index in [1.807, 2.05) is 53.7 Å². The van der Waals surface area contributed by atoms with Crippen LogP contribution in [0.3, 0.4) is 0 Å². The van der Waals surface area contributed by atoms with E-state index in [4.69, 9.17) is 9.47 Å². The fourth-order valence-electron chi connectivity index (χ4n) is 3.83. The molecule has 0 aliphatic heterocycles. The molecule has 1 heterocycles. The second-order valence-electron chi connectivity index (χ2n) is 9.40. The number of thioether (sulfide) groups is 1. The van der Waals surface area contributed by atoms with E-state index in [1.165, 1.54) is 4.90 Å². The third kappa shape index (κ3) is 6.11. The lowest BCUT2D eigenvalue weighted by molar-refractivity contribution is 0.0577. The second-order valence-corrected chi connectivity index (χ2v) is 10.3. The Balaban J connectivity index is 2.08. The molecule has 0 fully saturated rings. The van der Waals surface area contributed by atoms with Crippen LogP contribution in [0, 0.1) is 20.8 Å². The predicted octanol–water partition coefficient (Wildman–Crippen LogP) is 7.35. The van der Waals surface area contributed by atoms with Crippen LogP contribution in [0.25, 0.3) is 11.1 Å². The van der Waals surface area contributed by atoms with Crippen molar-refractivity contribution in [3.05, 3.63) is 71.0 Å². The minimum atomic E-state index is -0.622. The average Bonchev–Trinajstić information content (AvgIpc) is 2.77. The van der Waals surface area contributed by atoms with Crippen molar-refractivity contribution in [3.63, 3.8) is 0 Å². The second kappa shape index (κ2) is 10.5. The molecular formula is C28H34N2O3S. The van der Waals surface area contributed by atoms with Gasteiger partial charge in [-0.2, -0.15) is 0 Å². The Morgan fingerprint density at radius 3 is 2.29 bits per heavy atom. The molecule has 0 bridgehead atoms. The van der Waals surface area contributed by atoms with Gasteiger partial charge in [-0.1, -0.05) is 18.2 Å². The summed E-state index contributed by atoms with van der Waals surface area (Å²) in [5, 5.41) is 0. The molecule has 0 saturated carbocycles. The molecule has 0 atom stereocenters. The zero-order valence-corrected chi connectivity index (χ0v) is 22.2. The maximum atomic E-state index is 13.4. The number of aryl methyl sites for hydroxylation is 2. The van der Waals surface area contributed by atoms with Gasteiger partial charge in [0.1, 0.15) is 11.4 Å². The van der Waals surface area contributed by atoms with Crippen molar-refractivity contribution in [2.75, 3.05) is 18.3 Å². The molecule has 0 radical (unpaired) electrons. The molecule has 3 rings (SSSR count). The van der Waals surface area contributed by atoms with Gasteiger partial charge in [0.2, 0.25) is 0 Å². The minimum absolute atomic E-state index is 0.270. The Labute approximate surface area is 207 Å². The highest BCUT2D eigenvalue weighted by atomic mass is 32.2. The Hall–Kier alpha value is -2.99. The summed E-state index contributed by atoms with van der Waals surface area (Å²) < 4.78 is 11.4. The van der Waals surface area contributed by atoms with E-state index in [9.17, 15) is 4.79 Å². The largest absolute Gasteiger partial charge is 0.496 e. The van der Waals surface area contributed by atoms with Gasteiger partial charge in [-0.15, -0.1) is 11.8 Å². The van der Waals surface area contributed by atoms with E-state index in [1.54, 1.807) is 30.0 Å². The predicted molar refractivity (Wildman–Crippen MR) is 141 cm³/mol. The fraction of sp³-hybridized carbons (Fsp3) is 0.357. The summed E-state index contributed by atoms with van der Waals surface area (Å²) in [6.07, 6.45) is 3.43. The third-order valence-corrected chi connectivity index (χ3v) is 6.21. The Kier molecular flexibility index (Phi) is 7.93. The highest BCUT2D eigenvalue weighted by molar-refractivity contribution is 7.98. The van der Waals surface area contributed by atoms with E-state index in [0.717, 1.165) is 44.9 Å². The van der Waals surface area contributed by atoms with Crippen LogP contribution in [-0.2, 0) is 11.3 Å². The third-order valence-electron chi connectivity index (χ3n) is 5.47. The number of carbonyl (C=O) groups is 1. The van der Waals surface area contributed by atoms with Crippen LogP contribution >= 0.6 is 11.8 Å². The van der Waals surface area contributed by atoms with Gasteiger partial charge in [-0.3, -0.25) is 9.88 Å². The lowest BCUT2D eigenvalue weighted by Gasteiger charge is -2.28. The molecule has 180 valence electrons. The molecule has 5 nitrogen and oxygen atoms in total. The maximum Gasteiger partial charge on any atom is 0.415 e. The molecule has 0 unspecified atom stereocenters. The number of anilines is 1. The minimum Gasteiger partial charge on any atom is -0.496 e. The molecule has 0 saturated heterocycles. The van der Waals surface area contributed by atoms with Gasteiger partial charge in [0.25, 0.3) is 0 Å². The number of hydrogen-bond acceptors (Lipinski definition) is 5. The fourth-order valence-corrected chi connectivity index (χ4v) is 4.24. The van der Waals surface area contributed by atoms with E-state index in [0.29, 0.717) is 0 Å². The number of nitrogens with zero attached hydrogens (tertiary/aromatic N) is 2. The number of hydrogen-bond donors (Lipinski definition) is 0. The molecule has 1 aromatic heterocycles. The van der Waals surface area contributed by atoms with Crippen molar-refractivity contribution < 1.29 is 14.3 Å². The van der Waals surface area contributed by atoms with Crippen LogP contribution in [0.2, 0.25) is 0 Å². The number of methoxy groups -OCH3 is 1. The number of benzene rings is 2. The standard InChI is InChI=1S/C28H34N2O3S/c1-18-13-22(21-9-11-24(34-8)12-10-21)15-23(14-18)30(27(31)33-28(4,5)6)17-25-20(3)26(32-7)19(2)16-29-25/h9-16H,17H2,1-8H3. The van der Waals surface area contributed by atoms with Crippen LogP contribution in [0.15, 0.2) is 53.6 Å². The van der Waals surface area contributed by atoms with Gasteiger partial charge in [0, 0.05) is 27.9 Å². The zero-order chi connectivity index (χ0) is 25.0. The van der Waals surface area contributed by atoms with Crippen molar-refractivity contribution in [2.24, 2.45) is 0 Å². The molecule has 0 N–H and O–H groups in total. The summed E-state index contributed by atoms with van der Waals surface area (Å²) in [6, 6.07) is 14.6. The molecule has 34 heavy (non-hydrogen) atoms. The molecular weight excluding hydrogens is 444 g/mol. The quantitative estimate of drug-likeness (QED) is 0.347. The van der Waals surface area contributed by atoms with Crippen molar-refractivity contribution in [1.29, 1.82) is 0 Å². The average molecular weight is 479 g/mol. The van der Waals surface area contributed by atoms with E-state index in [-0.39, 0.29) is 6.54 Å². The Bertz CT molecular complexity index is 1170. The maximum absolute atomic E-state index is 13.4. The Morgan fingerprint density at radius 2 is 1.71 bits per heavy atom. The molecule has 2 aromatic carbocycles. The molecule has 1 amide bonds. The van der Waals surface area contributed by atoms with Crippen molar-refractivity contribution >= 4 is 23.5 Å². The summed E-state index contributed by atoms with van der Waals surface area (Å²) in [7, 11) is 1.65. The number of ether oxygens (including phenoxy) is 2. The van der Waals surface area contributed by atoms with Gasteiger partial charge < -0.3 is 9.47 Å². The molecule has 3 aromatic rings. The smallest absolute Gasteiger partial charge is 0.415 e. The first-order chi connectivity index (χ1) is 16.0. The zero-order valence-electron chi connectivity index (χ0n) is 21.4. The van der Waals surface area contributed by atoms with Crippen LogP contribution in [0.5, 0.6) is 5.75 Å². The first kappa shape index (κ1) is 25.6. The summed E-state index contributed by atoms with van der Waals surface area (Å²) in [5.41, 5.74) is 5.97. The van der Waals surface area contributed by atoms with Crippen molar-refractivity contribution in [1.82, 2.24) is 4.98 Å². The first-order valence-electron chi connectivity index (χ1n) is 11.3. The lowest BCUT2D eigenvalue weighted by Crippen LogP contribution is -2.37. The van der Waals surface area contributed by atoms with Crippen molar-refractivity contribution in [2.45, 2.75) is 58.6 Å². The van der Waals surface area contributed by atoms with E-state index in [2.05, 4.69) is 41.6 Å². The summed E-state index contributed by atoms with van der Waals surface area (Å²) in [4.78, 5) is 20.9. The van der Waals surface area contributed by atoms with Crippen LogP contribution < -0.4 is 9.64 Å². The van der Waals surface area contributed by atoms with Crippen LogP contribution in [-0.4, -0.2) is 30.0 Å². The summed E-state index contributed by atoms with van der Waals surface area (Å²) in [5.74, 6) is 0.785. The topological polar surface area (TPSA) is 51.7 Å². The van der Waals surface area contributed by atoms with E-state index >= 15 is 0 Å². The summed E-state index contributed by atoms with van der Waals surface area (Å²) in [6.45, 7) is 11.9. The van der Waals surface area contributed by atoms with Gasteiger partial charge >= 0.3 is 6.09 Å². The first-order valence-corrected chi connectivity index (χ1v) is 12.5. The summed E-state index contributed by atoms with van der Waals surface area (Å²) >= 11 is 1.71. The number of rotatable bonds is 6. The Morgan fingerprint density at radius 1 is 1.03 bits per heavy atom.